The fraction of sp³-hybridized carbons (Fsp3) is 0.640. The zero-order valence-electron chi connectivity index (χ0n) is 19.5. The highest BCUT2D eigenvalue weighted by atomic mass is 19.3. The molecule has 1 saturated carbocycles. The van der Waals surface area contributed by atoms with Crippen LogP contribution < -0.4 is 10.2 Å². The molecule has 0 bridgehead atoms. The molecule has 3 amide bonds. The molecule has 0 aromatic carbocycles. The Hall–Kier alpha value is -2.55. The maximum absolute atomic E-state index is 14.8. The number of hydrogen-bond donors (Lipinski definition) is 1. The molecule has 2 aromatic rings. The summed E-state index contributed by atoms with van der Waals surface area (Å²) in [5.74, 6) is -2.84. The summed E-state index contributed by atoms with van der Waals surface area (Å²) in [5.41, 5.74) is 2.66. The molecule has 0 radical (unpaired) electrons. The third-order valence-corrected chi connectivity index (χ3v) is 7.78. The number of aromatic nitrogens is 2. The second kappa shape index (κ2) is 9.60. The highest BCUT2D eigenvalue weighted by molar-refractivity contribution is 6.07. The van der Waals surface area contributed by atoms with Crippen molar-refractivity contribution in [3.8, 4) is 0 Å². The van der Waals surface area contributed by atoms with Crippen LogP contribution >= 0.6 is 0 Å². The lowest BCUT2D eigenvalue weighted by molar-refractivity contribution is -0.120. The van der Waals surface area contributed by atoms with E-state index in [-0.39, 0.29) is 18.9 Å². The van der Waals surface area contributed by atoms with Crippen molar-refractivity contribution in [2.75, 3.05) is 31.1 Å². The van der Waals surface area contributed by atoms with E-state index in [1.807, 2.05) is 17.2 Å². The average Bonchev–Trinajstić information content (AvgIpc) is 3.24. The van der Waals surface area contributed by atoms with Crippen LogP contribution in [0.3, 0.4) is 0 Å². The molecule has 0 spiro atoms. The number of amides is 3. The predicted molar refractivity (Wildman–Crippen MR) is 125 cm³/mol. The number of nitrogens with zero attached hydrogens (tertiary/aromatic N) is 4. The second-order valence-electron chi connectivity index (χ2n) is 10.2. The Morgan fingerprint density at radius 3 is 2.56 bits per heavy atom. The average molecular weight is 474 g/mol. The highest BCUT2D eigenvalue weighted by Crippen LogP contribution is 2.38. The molecule has 4 heterocycles. The van der Waals surface area contributed by atoms with Crippen LogP contribution in [0, 0.1) is 11.8 Å². The largest absolute Gasteiger partial charge is 0.328 e. The van der Waals surface area contributed by atoms with E-state index in [4.69, 9.17) is 0 Å². The molecule has 0 atom stereocenters. The maximum Gasteiger partial charge on any atom is 0.328 e. The lowest BCUT2D eigenvalue weighted by Gasteiger charge is -2.37. The zero-order valence-corrected chi connectivity index (χ0v) is 19.5. The Morgan fingerprint density at radius 1 is 1.06 bits per heavy atom. The van der Waals surface area contributed by atoms with Gasteiger partial charge < -0.3 is 0 Å². The van der Waals surface area contributed by atoms with Crippen molar-refractivity contribution in [1.29, 1.82) is 0 Å². The van der Waals surface area contributed by atoms with Crippen molar-refractivity contribution in [3.63, 3.8) is 0 Å². The first-order valence-corrected chi connectivity index (χ1v) is 12.6. The fourth-order valence-corrected chi connectivity index (χ4v) is 5.77. The van der Waals surface area contributed by atoms with E-state index in [2.05, 4.69) is 16.5 Å². The quantitative estimate of drug-likeness (QED) is 0.681. The summed E-state index contributed by atoms with van der Waals surface area (Å²) in [7, 11) is 0. The number of anilines is 1. The number of pyridine rings is 1. The lowest BCUT2D eigenvalue weighted by atomic mass is 9.84. The Balaban J connectivity index is 1.19. The summed E-state index contributed by atoms with van der Waals surface area (Å²) in [6.45, 7) is 1.67. The van der Waals surface area contributed by atoms with Gasteiger partial charge in [-0.25, -0.2) is 18.1 Å². The normalized spacial score (nSPS) is 21.9. The number of carbonyl (C=O) groups excluding carboxylic acids is 2. The summed E-state index contributed by atoms with van der Waals surface area (Å²) in [6, 6.07) is 3.66. The molecule has 184 valence electrons. The summed E-state index contributed by atoms with van der Waals surface area (Å²) in [5, 5.41) is 6.71. The number of nitrogens with one attached hydrogen (secondary N) is 1. The van der Waals surface area contributed by atoms with E-state index in [0.29, 0.717) is 31.0 Å². The van der Waals surface area contributed by atoms with Gasteiger partial charge in [-0.15, -0.1) is 0 Å². The van der Waals surface area contributed by atoms with Gasteiger partial charge in [-0.2, -0.15) is 5.10 Å². The van der Waals surface area contributed by atoms with E-state index in [0.717, 1.165) is 62.7 Å². The van der Waals surface area contributed by atoms with E-state index in [9.17, 15) is 18.4 Å². The van der Waals surface area contributed by atoms with Crippen LogP contribution in [-0.2, 0) is 11.2 Å². The predicted octanol–water partition coefficient (Wildman–Crippen LogP) is 4.25. The van der Waals surface area contributed by atoms with E-state index in [1.54, 1.807) is 15.6 Å². The lowest BCUT2D eigenvalue weighted by Crippen LogP contribution is -2.49. The van der Waals surface area contributed by atoms with Gasteiger partial charge in [0.05, 0.1) is 23.9 Å². The molecule has 3 fully saturated rings. The van der Waals surface area contributed by atoms with Crippen LogP contribution in [0.2, 0.25) is 0 Å². The minimum atomic E-state index is -2.58. The topological polar surface area (TPSA) is 70.0 Å². The number of imide groups is 1. The molecule has 0 unspecified atom stereocenters. The number of alkyl halides is 2. The summed E-state index contributed by atoms with van der Waals surface area (Å²) >= 11 is 0. The summed E-state index contributed by atoms with van der Waals surface area (Å²) < 4.78 is 31.3. The van der Waals surface area contributed by atoms with Gasteiger partial charge in [0.25, 0.3) is 5.92 Å². The number of carbonyl (C=O) groups is 2. The maximum atomic E-state index is 14.8. The molecular weight excluding hydrogens is 440 g/mol. The number of rotatable bonds is 6. The van der Waals surface area contributed by atoms with Gasteiger partial charge in [-0.05, 0) is 68.8 Å². The van der Waals surface area contributed by atoms with Crippen molar-refractivity contribution >= 4 is 23.1 Å². The molecule has 1 N–H and O–H groups in total. The van der Waals surface area contributed by atoms with E-state index < -0.39 is 17.9 Å². The van der Waals surface area contributed by atoms with Gasteiger partial charge in [0, 0.05) is 25.1 Å². The second-order valence-corrected chi connectivity index (χ2v) is 10.2. The fourth-order valence-electron chi connectivity index (χ4n) is 5.77. The Labute approximate surface area is 198 Å². The first-order chi connectivity index (χ1) is 16.4. The highest BCUT2D eigenvalue weighted by Gasteiger charge is 2.41. The number of halogens is 2. The van der Waals surface area contributed by atoms with Crippen LogP contribution in [-0.4, -0.2) is 58.6 Å². The molecule has 2 saturated heterocycles. The van der Waals surface area contributed by atoms with E-state index in [1.165, 1.54) is 0 Å². The van der Waals surface area contributed by atoms with Gasteiger partial charge in [0.2, 0.25) is 5.91 Å². The van der Waals surface area contributed by atoms with Crippen molar-refractivity contribution in [1.82, 2.24) is 19.8 Å². The van der Waals surface area contributed by atoms with Gasteiger partial charge >= 0.3 is 6.03 Å². The smallest absolute Gasteiger partial charge is 0.297 e. The van der Waals surface area contributed by atoms with Gasteiger partial charge in [-0.3, -0.25) is 19.9 Å². The number of fused-ring (bicyclic) bond motifs is 1. The van der Waals surface area contributed by atoms with Crippen molar-refractivity contribution < 1.29 is 18.4 Å². The third-order valence-electron chi connectivity index (χ3n) is 7.78. The van der Waals surface area contributed by atoms with Crippen LogP contribution in [0.15, 0.2) is 24.5 Å². The molecule has 1 aliphatic carbocycles. The van der Waals surface area contributed by atoms with Crippen molar-refractivity contribution in [2.45, 2.75) is 63.7 Å². The Morgan fingerprint density at radius 2 is 1.82 bits per heavy atom. The Bertz CT molecular complexity index is 1040. The minimum Gasteiger partial charge on any atom is -0.297 e. The first-order valence-electron chi connectivity index (χ1n) is 12.6. The molecule has 34 heavy (non-hydrogen) atoms. The van der Waals surface area contributed by atoms with Gasteiger partial charge in [0.15, 0.2) is 0 Å². The third kappa shape index (κ3) is 4.94. The molecule has 7 nitrogen and oxygen atoms in total. The zero-order chi connectivity index (χ0) is 23.7. The summed E-state index contributed by atoms with van der Waals surface area (Å²) in [6.07, 6.45) is 10.8. The molecule has 2 aromatic heterocycles. The number of piperidine rings is 1. The minimum absolute atomic E-state index is 0.101. The standard InChI is InChI=1S/C25H33F2N5O2/c26-25(27,20-4-2-1-3-5-20)17-30-10-6-18(7-11-30)14-19-8-13-32-21(15-19)22(16-28-32)31-12-9-23(33)29-24(31)34/h8,13,15-16,18,20H,1-7,9-12,14,17H2,(H,29,33,34). The number of urea groups is 1. The summed E-state index contributed by atoms with van der Waals surface area (Å²) in [4.78, 5) is 27.3. The van der Waals surface area contributed by atoms with Crippen LogP contribution in [0.25, 0.3) is 5.52 Å². The monoisotopic (exact) mass is 473 g/mol. The van der Waals surface area contributed by atoms with Gasteiger partial charge in [0.1, 0.15) is 0 Å². The van der Waals surface area contributed by atoms with Crippen LogP contribution in [0.1, 0.15) is 56.9 Å². The molecule has 2 aliphatic heterocycles. The first kappa shape index (κ1) is 23.2. The van der Waals surface area contributed by atoms with Crippen LogP contribution in [0.5, 0.6) is 0 Å². The molecular formula is C25H33F2N5O2. The van der Waals surface area contributed by atoms with E-state index >= 15 is 0 Å². The van der Waals surface area contributed by atoms with Crippen LogP contribution in [0.4, 0.5) is 19.3 Å². The SMILES string of the molecule is O=C1CCN(c2cnn3ccc(CC4CCN(CC(F)(F)C5CCCCC5)CC4)cc23)C(=O)N1. The number of likely N-dealkylation sites (tertiary alicyclic amines) is 1. The van der Waals surface area contributed by atoms with Crippen molar-refractivity contribution in [2.24, 2.45) is 11.8 Å². The van der Waals surface area contributed by atoms with Crippen molar-refractivity contribution in [3.05, 3.63) is 30.1 Å². The van der Waals surface area contributed by atoms with Gasteiger partial charge in [-0.1, -0.05) is 19.3 Å². The molecule has 9 heteroatoms. The Kier molecular flexibility index (Phi) is 6.55. The number of hydrogen-bond acceptors (Lipinski definition) is 4. The molecule has 3 aliphatic rings. The molecule has 5 rings (SSSR count).